The average molecular weight is 298 g/mol. The molecule has 2 fully saturated rings. The van der Waals surface area contributed by atoms with Crippen LogP contribution in [0.25, 0.3) is 0 Å². The number of carboxylic acid groups (broad SMARTS) is 1. The maximum atomic E-state index is 13.9. The molecule has 6 heteroatoms. The van der Waals surface area contributed by atoms with Crippen molar-refractivity contribution in [3.8, 4) is 5.75 Å². The Bertz CT molecular complexity index is 546. The fourth-order valence-corrected chi connectivity index (χ4v) is 2.97. The van der Waals surface area contributed by atoms with E-state index in [2.05, 4.69) is 0 Å². The molecule has 114 valence electrons. The third kappa shape index (κ3) is 2.72. The summed E-state index contributed by atoms with van der Waals surface area (Å²) in [4.78, 5) is 10.7. The zero-order valence-electron chi connectivity index (χ0n) is 11.4. The van der Waals surface area contributed by atoms with E-state index in [0.29, 0.717) is 19.4 Å². The van der Waals surface area contributed by atoms with Crippen LogP contribution in [-0.2, 0) is 4.74 Å². The largest absolute Gasteiger partial charge is 0.484 e. The molecule has 0 radical (unpaired) electrons. The molecular formula is C15H16F2O4. The van der Waals surface area contributed by atoms with Crippen LogP contribution in [0, 0.1) is 11.6 Å². The molecular weight excluding hydrogens is 282 g/mol. The second-order valence-corrected chi connectivity index (χ2v) is 5.69. The minimum absolute atomic E-state index is 0.184. The normalized spacial score (nSPS) is 23.6. The van der Waals surface area contributed by atoms with E-state index in [4.69, 9.17) is 14.6 Å². The summed E-state index contributed by atoms with van der Waals surface area (Å²) in [5.74, 6) is -3.84. The van der Waals surface area contributed by atoms with Gasteiger partial charge in [-0.25, -0.2) is 13.6 Å². The molecule has 3 rings (SSSR count). The molecule has 2 aliphatic rings. The standard InChI is InChI=1S/C15H16F2O4/c16-11-6-9(14(18)19)7-12(17)13(11)21-10-2-5-20-15(8-10)3-1-4-15/h6-7,10H,1-5,8H2,(H,18,19). The monoisotopic (exact) mass is 298 g/mol. The zero-order valence-corrected chi connectivity index (χ0v) is 11.4. The molecule has 1 saturated heterocycles. The van der Waals surface area contributed by atoms with Gasteiger partial charge < -0.3 is 14.6 Å². The van der Waals surface area contributed by atoms with Gasteiger partial charge in [-0.15, -0.1) is 0 Å². The van der Waals surface area contributed by atoms with Crippen LogP contribution in [-0.4, -0.2) is 29.4 Å². The van der Waals surface area contributed by atoms with Crippen LogP contribution in [0.5, 0.6) is 5.75 Å². The number of hydrogen-bond acceptors (Lipinski definition) is 3. The summed E-state index contributed by atoms with van der Waals surface area (Å²) >= 11 is 0. The number of ether oxygens (including phenoxy) is 2. The van der Waals surface area contributed by atoms with Gasteiger partial charge in [0.25, 0.3) is 0 Å². The van der Waals surface area contributed by atoms with E-state index in [9.17, 15) is 13.6 Å². The Hall–Kier alpha value is -1.69. The number of carbonyl (C=O) groups is 1. The lowest BCUT2D eigenvalue weighted by Gasteiger charge is -2.46. The topological polar surface area (TPSA) is 55.8 Å². The van der Waals surface area contributed by atoms with Crippen molar-refractivity contribution in [1.29, 1.82) is 0 Å². The first-order valence-corrected chi connectivity index (χ1v) is 7.02. The summed E-state index contributed by atoms with van der Waals surface area (Å²) in [6.45, 7) is 0.515. The van der Waals surface area contributed by atoms with E-state index in [-0.39, 0.29) is 11.7 Å². The number of aromatic carboxylic acids is 1. The van der Waals surface area contributed by atoms with Crippen LogP contribution in [0.2, 0.25) is 0 Å². The minimum atomic E-state index is -1.38. The van der Waals surface area contributed by atoms with Gasteiger partial charge in [0.2, 0.25) is 0 Å². The van der Waals surface area contributed by atoms with Crippen molar-refractivity contribution in [2.45, 2.75) is 43.8 Å². The predicted molar refractivity (Wildman–Crippen MR) is 69.5 cm³/mol. The van der Waals surface area contributed by atoms with Crippen molar-refractivity contribution < 1.29 is 28.2 Å². The van der Waals surface area contributed by atoms with Crippen LogP contribution in [0.4, 0.5) is 8.78 Å². The van der Waals surface area contributed by atoms with Gasteiger partial charge in [0.15, 0.2) is 17.4 Å². The van der Waals surface area contributed by atoms with Crippen molar-refractivity contribution in [2.24, 2.45) is 0 Å². The summed E-state index contributed by atoms with van der Waals surface area (Å²) in [7, 11) is 0. The Morgan fingerprint density at radius 1 is 1.33 bits per heavy atom. The lowest BCUT2D eigenvalue weighted by Crippen LogP contribution is -2.48. The Labute approximate surface area is 120 Å². The van der Waals surface area contributed by atoms with Gasteiger partial charge in [-0.1, -0.05) is 0 Å². The van der Waals surface area contributed by atoms with E-state index in [0.717, 1.165) is 31.4 Å². The molecule has 4 nitrogen and oxygen atoms in total. The first kappa shape index (κ1) is 14.3. The van der Waals surface area contributed by atoms with E-state index in [1.807, 2.05) is 0 Å². The molecule has 0 aromatic heterocycles. The maximum Gasteiger partial charge on any atom is 0.335 e. The van der Waals surface area contributed by atoms with Gasteiger partial charge in [-0.05, 0) is 31.4 Å². The predicted octanol–water partition coefficient (Wildman–Crippen LogP) is 3.14. The molecule has 1 N–H and O–H groups in total. The molecule has 1 aromatic rings. The summed E-state index contributed by atoms with van der Waals surface area (Å²) < 4.78 is 38.9. The first-order valence-electron chi connectivity index (χ1n) is 7.02. The second kappa shape index (κ2) is 5.26. The molecule has 1 aliphatic heterocycles. The van der Waals surface area contributed by atoms with Crippen LogP contribution in [0.3, 0.4) is 0 Å². The molecule has 1 unspecified atom stereocenters. The third-order valence-corrected chi connectivity index (χ3v) is 4.24. The fraction of sp³-hybridized carbons (Fsp3) is 0.533. The maximum absolute atomic E-state index is 13.9. The Balaban J connectivity index is 1.76. The molecule has 21 heavy (non-hydrogen) atoms. The number of carboxylic acids is 1. The first-order chi connectivity index (χ1) is 9.99. The molecule has 1 saturated carbocycles. The average Bonchev–Trinajstić information content (AvgIpc) is 2.41. The van der Waals surface area contributed by atoms with Crippen LogP contribution >= 0.6 is 0 Å². The van der Waals surface area contributed by atoms with Crippen molar-refractivity contribution >= 4 is 5.97 Å². The Morgan fingerprint density at radius 3 is 2.52 bits per heavy atom. The summed E-state index contributed by atoms with van der Waals surface area (Å²) in [6.07, 6.45) is 3.89. The summed E-state index contributed by atoms with van der Waals surface area (Å²) in [5.41, 5.74) is -0.614. The highest BCUT2D eigenvalue weighted by molar-refractivity contribution is 5.87. The van der Waals surface area contributed by atoms with Crippen molar-refractivity contribution in [3.63, 3.8) is 0 Å². The molecule has 1 atom stereocenters. The lowest BCUT2D eigenvalue weighted by molar-refractivity contribution is -0.154. The summed E-state index contributed by atoms with van der Waals surface area (Å²) in [5, 5.41) is 8.76. The van der Waals surface area contributed by atoms with E-state index in [1.165, 1.54) is 0 Å². The van der Waals surface area contributed by atoms with Crippen molar-refractivity contribution in [2.75, 3.05) is 6.61 Å². The van der Waals surface area contributed by atoms with Gasteiger partial charge in [0.1, 0.15) is 6.10 Å². The highest BCUT2D eigenvalue weighted by atomic mass is 19.1. The Kier molecular flexibility index (Phi) is 3.57. The molecule has 1 aromatic carbocycles. The third-order valence-electron chi connectivity index (χ3n) is 4.24. The molecule has 0 bridgehead atoms. The van der Waals surface area contributed by atoms with Crippen molar-refractivity contribution in [3.05, 3.63) is 29.3 Å². The van der Waals surface area contributed by atoms with Gasteiger partial charge in [0, 0.05) is 12.8 Å². The lowest BCUT2D eigenvalue weighted by atomic mass is 9.74. The minimum Gasteiger partial charge on any atom is -0.484 e. The zero-order chi connectivity index (χ0) is 15.0. The van der Waals surface area contributed by atoms with E-state index in [1.54, 1.807) is 0 Å². The quantitative estimate of drug-likeness (QED) is 0.931. The summed E-state index contributed by atoms with van der Waals surface area (Å²) in [6, 6.07) is 1.55. The SMILES string of the molecule is O=C(O)c1cc(F)c(OC2CCOC3(CCC3)C2)c(F)c1. The van der Waals surface area contributed by atoms with Crippen LogP contribution in [0.1, 0.15) is 42.5 Å². The number of rotatable bonds is 3. The fourth-order valence-electron chi connectivity index (χ4n) is 2.97. The van der Waals surface area contributed by atoms with Crippen molar-refractivity contribution in [1.82, 2.24) is 0 Å². The molecule has 1 spiro atoms. The second-order valence-electron chi connectivity index (χ2n) is 5.69. The number of benzene rings is 1. The van der Waals surface area contributed by atoms with Gasteiger partial charge in [-0.3, -0.25) is 0 Å². The van der Waals surface area contributed by atoms with Crippen LogP contribution < -0.4 is 4.74 Å². The van der Waals surface area contributed by atoms with E-state index >= 15 is 0 Å². The smallest absolute Gasteiger partial charge is 0.335 e. The van der Waals surface area contributed by atoms with Gasteiger partial charge in [-0.2, -0.15) is 0 Å². The molecule has 1 heterocycles. The van der Waals surface area contributed by atoms with Gasteiger partial charge in [0.05, 0.1) is 17.8 Å². The molecule has 1 aliphatic carbocycles. The number of hydrogen-bond donors (Lipinski definition) is 1. The van der Waals surface area contributed by atoms with Gasteiger partial charge >= 0.3 is 5.97 Å². The molecule has 0 amide bonds. The highest BCUT2D eigenvalue weighted by Gasteiger charge is 2.43. The van der Waals surface area contributed by atoms with E-state index < -0.39 is 28.9 Å². The van der Waals surface area contributed by atoms with Crippen LogP contribution in [0.15, 0.2) is 12.1 Å². The number of halogens is 2. The highest BCUT2D eigenvalue weighted by Crippen LogP contribution is 2.43. The Morgan fingerprint density at radius 2 is 2.00 bits per heavy atom.